The van der Waals surface area contributed by atoms with Crippen molar-refractivity contribution in [3.05, 3.63) is 35.9 Å². The third-order valence-electron chi connectivity index (χ3n) is 6.19. The molecule has 11 nitrogen and oxygen atoms in total. The number of aromatic nitrogens is 4. The van der Waals surface area contributed by atoms with E-state index in [1.165, 1.54) is 0 Å². The summed E-state index contributed by atoms with van der Waals surface area (Å²) in [7, 11) is 4.73. The van der Waals surface area contributed by atoms with Gasteiger partial charge in [-0.25, -0.2) is 9.97 Å². The first kappa shape index (κ1) is 22.2. The van der Waals surface area contributed by atoms with Crippen molar-refractivity contribution < 1.29 is 24.1 Å². The molecule has 34 heavy (non-hydrogen) atoms. The number of ether oxygens (including phenoxy) is 4. The maximum Gasteiger partial charge on any atom is 0.230 e. The second kappa shape index (κ2) is 9.35. The van der Waals surface area contributed by atoms with E-state index in [1.807, 2.05) is 22.9 Å². The predicted molar refractivity (Wildman–Crippen MR) is 124 cm³/mol. The van der Waals surface area contributed by atoms with Gasteiger partial charge in [0.05, 0.1) is 64.8 Å². The van der Waals surface area contributed by atoms with Crippen molar-refractivity contribution in [2.45, 2.75) is 32.1 Å². The Kier molecular flexibility index (Phi) is 6.12. The maximum atomic E-state index is 9.80. The van der Waals surface area contributed by atoms with Crippen LogP contribution >= 0.6 is 0 Å². The lowest BCUT2D eigenvalue weighted by atomic mass is 10.2. The molecule has 4 heterocycles. The van der Waals surface area contributed by atoms with Crippen LogP contribution in [0.3, 0.4) is 0 Å². The van der Waals surface area contributed by atoms with Crippen LogP contribution in [0.1, 0.15) is 24.1 Å². The van der Waals surface area contributed by atoms with Gasteiger partial charge in [-0.1, -0.05) is 0 Å². The van der Waals surface area contributed by atoms with Crippen LogP contribution in [-0.4, -0.2) is 65.1 Å². The van der Waals surface area contributed by atoms with Crippen molar-refractivity contribution >= 4 is 17.6 Å². The molecule has 1 atom stereocenters. The van der Waals surface area contributed by atoms with Crippen LogP contribution in [-0.2, 0) is 18.0 Å². The molecule has 1 saturated heterocycles. The van der Waals surface area contributed by atoms with Crippen LogP contribution < -0.4 is 24.4 Å². The lowest BCUT2D eigenvalue weighted by molar-refractivity contribution is 0.133. The molecular formula is C23H28N6O5. The van der Waals surface area contributed by atoms with Crippen molar-refractivity contribution in [1.29, 1.82) is 0 Å². The van der Waals surface area contributed by atoms with Crippen molar-refractivity contribution in [2.75, 3.05) is 44.7 Å². The summed E-state index contributed by atoms with van der Waals surface area (Å²) in [5, 5.41) is 13.0. The third kappa shape index (κ3) is 3.97. The van der Waals surface area contributed by atoms with E-state index in [0.29, 0.717) is 42.2 Å². The molecule has 2 aliphatic heterocycles. The molecule has 0 amide bonds. The van der Waals surface area contributed by atoms with Gasteiger partial charge in [-0.05, 0) is 12.8 Å². The van der Waals surface area contributed by atoms with Gasteiger partial charge in [-0.2, -0.15) is 4.98 Å². The highest BCUT2D eigenvalue weighted by atomic mass is 16.5. The average molecular weight is 469 g/mol. The number of anilines is 3. The molecule has 0 bridgehead atoms. The van der Waals surface area contributed by atoms with Crippen molar-refractivity contribution in [3.8, 4) is 22.9 Å². The monoisotopic (exact) mass is 468 g/mol. The number of nitrogens with zero attached hydrogens (tertiary/aromatic N) is 5. The molecule has 1 fully saturated rings. The minimum atomic E-state index is 0.0618. The van der Waals surface area contributed by atoms with Gasteiger partial charge < -0.3 is 38.8 Å². The Labute approximate surface area is 197 Å². The van der Waals surface area contributed by atoms with E-state index in [1.54, 1.807) is 27.7 Å². The fraction of sp³-hybridized carbons (Fsp3) is 0.435. The van der Waals surface area contributed by atoms with Crippen LogP contribution in [0, 0.1) is 0 Å². The minimum Gasteiger partial charge on any atom is -0.493 e. The number of fused-ring (bicyclic) bond motifs is 1. The Bertz CT molecular complexity index is 1160. The Morgan fingerprint density at radius 2 is 1.91 bits per heavy atom. The molecule has 2 N–H and O–H groups in total. The Morgan fingerprint density at radius 3 is 2.62 bits per heavy atom. The molecule has 2 aliphatic rings. The predicted octanol–water partition coefficient (Wildman–Crippen LogP) is 2.42. The van der Waals surface area contributed by atoms with Crippen LogP contribution in [0.5, 0.6) is 17.2 Å². The van der Waals surface area contributed by atoms with Crippen LogP contribution in [0.4, 0.5) is 17.6 Å². The topological polar surface area (TPSA) is 116 Å². The number of hydrogen-bond donors (Lipinski definition) is 2. The number of aliphatic hydroxyl groups is 1. The van der Waals surface area contributed by atoms with E-state index in [4.69, 9.17) is 23.9 Å². The second-order valence-electron chi connectivity index (χ2n) is 8.14. The van der Waals surface area contributed by atoms with Crippen LogP contribution in [0.2, 0.25) is 0 Å². The number of aliphatic hydroxyl groups excluding tert-OH is 1. The molecule has 0 aliphatic carbocycles. The molecule has 11 heteroatoms. The zero-order valence-electron chi connectivity index (χ0n) is 19.4. The van der Waals surface area contributed by atoms with Gasteiger partial charge in [0.2, 0.25) is 11.7 Å². The lowest BCUT2D eigenvalue weighted by Crippen LogP contribution is -2.33. The van der Waals surface area contributed by atoms with Gasteiger partial charge in [-0.3, -0.25) is 0 Å². The highest BCUT2D eigenvalue weighted by Crippen LogP contribution is 2.39. The SMILES string of the molecule is COc1cc(-n2cnc(Nc3nc4c(c(N5CCC[C@@H]5CO)n3)COC4)c2)cc(OC)c1OC. The van der Waals surface area contributed by atoms with E-state index in [9.17, 15) is 5.11 Å². The molecule has 1 aromatic carbocycles. The van der Waals surface area contributed by atoms with Crippen molar-refractivity contribution in [3.63, 3.8) is 0 Å². The fourth-order valence-electron chi connectivity index (χ4n) is 4.49. The van der Waals surface area contributed by atoms with Gasteiger partial charge in [0.15, 0.2) is 17.3 Å². The number of methoxy groups -OCH3 is 3. The first-order valence-corrected chi connectivity index (χ1v) is 11.1. The highest BCUT2D eigenvalue weighted by molar-refractivity contribution is 5.60. The summed E-state index contributed by atoms with van der Waals surface area (Å²) >= 11 is 0. The smallest absolute Gasteiger partial charge is 0.230 e. The fourth-order valence-corrected chi connectivity index (χ4v) is 4.49. The number of nitrogens with one attached hydrogen (secondary N) is 1. The Balaban J connectivity index is 1.44. The number of benzene rings is 1. The molecule has 180 valence electrons. The first-order chi connectivity index (χ1) is 16.6. The Hall–Kier alpha value is -3.57. The van der Waals surface area contributed by atoms with Crippen molar-refractivity contribution in [1.82, 2.24) is 19.5 Å². The van der Waals surface area contributed by atoms with Crippen LogP contribution in [0.15, 0.2) is 24.7 Å². The molecule has 5 rings (SSSR count). The summed E-state index contributed by atoms with van der Waals surface area (Å²) in [4.78, 5) is 16.1. The minimum absolute atomic E-state index is 0.0618. The van der Waals surface area contributed by atoms with E-state index in [-0.39, 0.29) is 12.6 Å². The summed E-state index contributed by atoms with van der Waals surface area (Å²) in [6.07, 6.45) is 5.48. The summed E-state index contributed by atoms with van der Waals surface area (Å²) < 4.78 is 23.8. The Morgan fingerprint density at radius 1 is 1.12 bits per heavy atom. The van der Waals surface area contributed by atoms with Gasteiger partial charge >= 0.3 is 0 Å². The molecule has 0 saturated carbocycles. The lowest BCUT2D eigenvalue weighted by Gasteiger charge is -2.26. The normalized spacial score (nSPS) is 17.1. The van der Waals surface area contributed by atoms with Gasteiger partial charge in [-0.15, -0.1) is 0 Å². The molecule has 0 radical (unpaired) electrons. The zero-order valence-corrected chi connectivity index (χ0v) is 19.4. The van der Waals surface area contributed by atoms with E-state index < -0.39 is 0 Å². The number of imidazole rings is 1. The highest BCUT2D eigenvalue weighted by Gasteiger charge is 2.30. The van der Waals surface area contributed by atoms with E-state index in [0.717, 1.165) is 42.1 Å². The second-order valence-corrected chi connectivity index (χ2v) is 8.14. The first-order valence-electron chi connectivity index (χ1n) is 11.1. The summed E-state index contributed by atoms with van der Waals surface area (Å²) in [6, 6.07) is 3.75. The molecule has 0 spiro atoms. The third-order valence-corrected chi connectivity index (χ3v) is 6.19. The quantitative estimate of drug-likeness (QED) is 0.511. The summed E-state index contributed by atoms with van der Waals surface area (Å²) in [5.74, 6) is 3.48. The van der Waals surface area contributed by atoms with Crippen molar-refractivity contribution in [2.24, 2.45) is 0 Å². The summed E-state index contributed by atoms with van der Waals surface area (Å²) in [5.41, 5.74) is 2.65. The number of hydrogen-bond acceptors (Lipinski definition) is 10. The molecule has 3 aromatic rings. The number of rotatable bonds is 8. The molecule has 0 unspecified atom stereocenters. The summed E-state index contributed by atoms with van der Waals surface area (Å²) in [6.45, 7) is 1.87. The van der Waals surface area contributed by atoms with Crippen LogP contribution in [0.25, 0.3) is 5.69 Å². The zero-order chi connectivity index (χ0) is 23.7. The molecular weight excluding hydrogens is 440 g/mol. The van der Waals surface area contributed by atoms with E-state index in [2.05, 4.69) is 20.2 Å². The van der Waals surface area contributed by atoms with E-state index >= 15 is 0 Å². The average Bonchev–Trinajstić information content (AvgIpc) is 3.63. The maximum absolute atomic E-state index is 9.80. The largest absolute Gasteiger partial charge is 0.493 e. The van der Waals surface area contributed by atoms with Gasteiger partial charge in [0, 0.05) is 24.2 Å². The van der Waals surface area contributed by atoms with Gasteiger partial charge in [0.25, 0.3) is 0 Å². The standard InChI is InChI=1S/C23H28N6O5/c1-31-18-7-15(8-19(32-2)21(18)33-3)28-9-20(24-13-28)26-23-25-17-12-34-11-16(17)22(27-23)29-6-4-5-14(29)10-30/h7-9,13-14,30H,4-6,10-12H2,1-3H3,(H,25,26,27)/t14-/m1/s1. The molecule has 2 aromatic heterocycles. The van der Waals surface area contributed by atoms with Gasteiger partial charge in [0.1, 0.15) is 12.1 Å².